The van der Waals surface area contributed by atoms with Gasteiger partial charge in [0.15, 0.2) is 6.23 Å². The normalized spacial score (nSPS) is 21.5. The Hall–Kier alpha value is -3.02. The van der Waals surface area contributed by atoms with Gasteiger partial charge in [0, 0.05) is 34.5 Å². The summed E-state index contributed by atoms with van der Waals surface area (Å²) in [6, 6.07) is 25.4. The summed E-state index contributed by atoms with van der Waals surface area (Å²) in [5.41, 5.74) is 14.3. The van der Waals surface area contributed by atoms with Crippen LogP contribution < -0.4 is 21.4 Å². The molecule has 148 valence electrons. The van der Waals surface area contributed by atoms with Gasteiger partial charge < -0.3 is 15.0 Å². The fraction of sp³-hybridized carbons (Fsp3) is 0.200. The van der Waals surface area contributed by atoms with Gasteiger partial charge in [-0.05, 0) is 35.8 Å². The Balaban J connectivity index is 1.44. The number of para-hydroxylation sites is 2. The second-order valence-electron chi connectivity index (χ2n) is 8.20. The van der Waals surface area contributed by atoms with Crippen LogP contribution in [0.5, 0.6) is 5.75 Å². The molecule has 1 aromatic heterocycles. The Morgan fingerprint density at radius 2 is 1.70 bits per heavy atom. The molecule has 6 rings (SSSR count). The molecule has 5 heteroatoms. The summed E-state index contributed by atoms with van der Waals surface area (Å²) in [7, 11) is 0.914. The van der Waals surface area contributed by atoms with E-state index in [-0.39, 0.29) is 18.2 Å². The van der Waals surface area contributed by atoms with Gasteiger partial charge in [0.1, 0.15) is 5.75 Å². The van der Waals surface area contributed by atoms with E-state index in [1.165, 1.54) is 33.2 Å². The van der Waals surface area contributed by atoms with Crippen molar-refractivity contribution >= 4 is 23.8 Å². The molecule has 0 saturated carbocycles. The molecule has 30 heavy (non-hydrogen) atoms. The molecule has 3 unspecified atom stereocenters. The quantitative estimate of drug-likeness (QED) is 0.525. The summed E-state index contributed by atoms with van der Waals surface area (Å²) in [6.45, 7) is 3.18. The molecule has 0 amide bonds. The lowest BCUT2D eigenvalue weighted by Crippen LogP contribution is -2.48. The van der Waals surface area contributed by atoms with Crippen molar-refractivity contribution < 1.29 is 4.74 Å². The van der Waals surface area contributed by atoms with Crippen LogP contribution in [0.2, 0.25) is 0 Å². The van der Waals surface area contributed by atoms with E-state index < -0.39 is 0 Å². The molecule has 3 heterocycles. The number of aryl methyl sites for hydroxylation is 1. The number of benzene rings is 3. The van der Waals surface area contributed by atoms with Gasteiger partial charge in [-0.2, -0.15) is 0 Å². The molecular formula is C25H24BN3O. The first-order valence-electron chi connectivity index (χ1n) is 10.7. The summed E-state index contributed by atoms with van der Waals surface area (Å²) in [5.74, 6) is 1.03. The minimum Gasteiger partial charge on any atom is -0.473 e. The largest absolute Gasteiger partial charge is 0.473 e. The molecule has 3 atom stereocenters. The van der Waals surface area contributed by atoms with Crippen LogP contribution in [0.1, 0.15) is 30.0 Å². The Bertz CT molecular complexity index is 1260. The molecule has 3 aromatic carbocycles. The minimum absolute atomic E-state index is 0.147. The highest BCUT2D eigenvalue weighted by atomic mass is 16.5. The van der Waals surface area contributed by atoms with Gasteiger partial charge >= 0.3 is 0 Å². The predicted octanol–water partition coefficient (Wildman–Crippen LogP) is 3.41. The van der Waals surface area contributed by atoms with Crippen molar-refractivity contribution in [3.63, 3.8) is 0 Å². The summed E-state index contributed by atoms with van der Waals surface area (Å²) in [5, 5.41) is 5.08. The van der Waals surface area contributed by atoms with E-state index in [2.05, 4.69) is 71.4 Å². The molecule has 3 N–H and O–H groups in total. The van der Waals surface area contributed by atoms with Gasteiger partial charge in [-0.15, -0.1) is 0 Å². The Labute approximate surface area is 176 Å². The zero-order valence-corrected chi connectivity index (χ0v) is 17.0. The molecule has 0 spiro atoms. The lowest BCUT2D eigenvalue weighted by molar-refractivity contribution is 0.162. The number of aromatic nitrogens is 1. The summed E-state index contributed by atoms with van der Waals surface area (Å²) in [4.78, 5) is 0. The van der Waals surface area contributed by atoms with E-state index in [0.717, 1.165) is 25.1 Å². The molecule has 0 aliphatic carbocycles. The zero-order valence-electron chi connectivity index (χ0n) is 17.0. The van der Waals surface area contributed by atoms with E-state index in [9.17, 15) is 0 Å². The topological polar surface area (TPSA) is 52.2 Å². The maximum Gasteiger partial charge on any atom is 0.205 e. The first-order chi connectivity index (χ1) is 14.8. The number of ether oxygens (including phenoxy) is 1. The van der Waals surface area contributed by atoms with Crippen molar-refractivity contribution in [3.05, 3.63) is 83.9 Å². The van der Waals surface area contributed by atoms with Gasteiger partial charge in [-0.25, -0.2) is 0 Å². The number of nitrogens with one attached hydrogen (secondary N) is 1. The summed E-state index contributed by atoms with van der Waals surface area (Å²) < 4.78 is 8.66. The highest BCUT2D eigenvalue weighted by molar-refractivity contribution is 6.58. The van der Waals surface area contributed by atoms with Crippen LogP contribution in [0.25, 0.3) is 22.0 Å². The monoisotopic (exact) mass is 393 g/mol. The van der Waals surface area contributed by atoms with Gasteiger partial charge in [0.05, 0.1) is 6.04 Å². The Kier molecular flexibility index (Phi) is 4.01. The summed E-state index contributed by atoms with van der Waals surface area (Å²) in [6.07, 6.45) is -0.235. The van der Waals surface area contributed by atoms with Gasteiger partial charge in [-0.1, -0.05) is 60.7 Å². The van der Waals surface area contributed by atoms with Gasteiger partial charge in [-0.3, -0.25) is 5.32 Å². The molecule has 0 radical (unpaired) electrons. The number of nitrogens with zero attached hydrogens (tertiary/aromatic N) is 1. The number of fused-ring (bicyclic) bond motifs is 6. The molecule has 2 aliphatic heterocycles. The van der Waals surface area contributed by atoms with Crippen molar-refractivity contribution in [3.8, 4) is 16.9 Å². The average Bonchev–Trinajstić information content (AvgIpc) is 3.28. The number of hydrogen-bond acceptors (Lipinski definition) is 3. The second kappa shape index (κ2) is 6.76. The van der Waals surface area contributed by atoms with Crippen molar-refractivity contribution in [1.29, 1.82) is 0 Å². The fourth-order valence-corrected chi connectivity index (χ4v) is 5.28. The smallest absolute Gasteiger partial charge is 0.205 e. The van der Waals surface area contributed by atoms with E-state index in [1.54, 1.807) is 0 Å². The lowest BCUT2D eigenvalue weighted by Gasteiger charge is -2.30. The first-order valence-corrected chi connectivity index (χ1v) is 10.7. The molecule has 0 saturated heterocycles. The zero-order chi connectivity index (χ0) is 20.2. The van der Waals surface area contributed by atoms with E-state index in [1.807, 2.05) is 18.2 Å². The molecule has 4 aromatic rings. The highest BCUT2D eigenvalue weighted by Crippen LogP contribution is 2.39. The van der Waals surface area contributed by atoms with Crippen molar-refractivity contribution in [1.82, 2.24) is 9.88 Å². The first kappa shape index (κ1) is 17.8. The summed E-state index contributed by atoms with van der Waals surface area (Å²) >= 11 is 0. The van der Waals surface area contributed by atoms with E-state index in [0.29, 0.717) is 0 Å². The Morgan fingerprint density at radius 1 is 0.967 bits per heavy atom. The van der Waals surface area contributed by atoms with E-state index in [4.69, 9.17) is 10.5 Å². The molecule has 4 nitrogen and oxygen atoms in total. The van der Waals surface area contributed by atoms with Crippen molar-refractivity contribution in [2.24, 2.45) is 5.73 Å². The number of hydrogen-bond donors (Lipinski definition) is 2. The third-order valence-corrected chi connectivity index (χ3v) is 6.62. The van der Waals surface area contributed by atoms with Crippen LogP contribution >= 0.6 is 0 Å². The third kappa shape index (κ3) is 2.49. The molecular weight excluding hydrogens is 369 g/mol. The third-order valence-electron chi connectivity index (χ3n) is 6.62. The second-order valence-corrected chi connectivity index (χ2v) is 8.20. The van der Waals surface area contributed by atoms with Crippen molar-refractivity contribution in [2.75, 3.05) is 0 Å². The maximum atomic E-state index is 6.55. The Morgan fingerprint density at radius 3 is 2.53 bits per heavy atom. The standard InChI is InChI=1S/C25H24BN3O/c1-2-29-19-13-7-5-11-17(19)21-15-9-3-4-10-16(15)23(26-24(21)29)28-25-22(27)18-12-6-8-14-20(18)30-25/h3-14,22-23,25-26,28H,2,27H2,1H3. The van der Waals surface area contributed by atoms with E-state index >= 15 is 0 Å². The fourth-order valence-electron chi connectivity index (χ4n) is 5.28. The highest BCUT2D eigenvalue weighted by Gasteiger charge is 2.36. The van der Waals surface area contributed by atoms with Crippen LogP contribution in [0.15, 0.2) is 72.8 Å². The molecule has 0 bridgehead atoms. The lowest BCUT2D eigenvalue weighted by atomic mass is 9.57. The average molecular weight is 393 g/mol. The minimum atomic E-state index is -0.235. The van der Waals surface area contributed by atoms with Crippen LogP contribution in [0.4, 0.5) is 0 Å². The maximum absolute atomic E-state index is 6.55. The van der Waals surface area contributed by atoms with Crippen LogP contribution in [-0.4, -0.2) is 18.1 Å². The molecule has 2 aliphatic rings. The van der Waals surface area contributed by atoms with Crippen molar-refractivity contribution in [2.45, 2.75) is 31.7 Å². The number of rotatable bonds is 3. The molecule has 0 fully saturated rings. The predicted molar refractivity (Wildman–Crippen MR) is 123 cm³/mol. The van der Waals surface area contributed by atoms with Gasteiger partial charge in [0.25, 0.3) is 0 Å². The number of nitrogens with two attached hydrogens (primary N) is 1. The van der Waals surface area contributed by atoms with Crippen LogP contribution in [0, 0.1) is 0 Å². The van der Waals surface area contributed by atoms with Crippen LogP contribution in [-0.2, 0) is 6.54 Å². The van der Waals surface area contributed by atoms with Gasteiger partial charge in [0.2, 0.25) is 7.28 Å². The SMILES string of the molecule is CCn1c2c(c3ccccc31)-c1ccccc1C(NC1Oc3ccccc3C1N)B2. The van der Waals surface area contributed by atoms with Crippen LogP contribution in [0.3, 0.4) is 0 Å².